The van der Waals surface area contributed by atoms with Gasteiger partial charge in [-0.25, -0.2) is 14.4 Å². The van der Waals surface area contributed by atoms with Gasteiger partial charge < -0.3 is 21.1 Å². The summed E-state index contributed by atoms with van der Waals surface area (Å²) in [7, 11) is 0. The summed E-state index contributed by atoms with van der Waals surface area (Å²) in [4.78, 5) is 20.8. The molecule has 0 spiro atoms. The van der Waals surface area contributed by atoms with E-state index in [2.05, 4.69) is 25.9 Å². The molecular formula is C20H24ClFN6O2. The van der Waals surface area contributed by atoms with Crippen LogP contribution in [0.2, 0.25) is 5.02 Å². The molecule has 0 radical (unpaired) electrons. The van der Waals surface area contributed by atoms with Crippen LogP contribution in [0.5, 0.6) is 0 Å². The van der Waals surface area contributed by atoms with Gasteiger partial charge in [-0.1, -0.05) is 11.6 Å². The number of amides is 1. The highest BCUT2D eigenvalue weighted by Gasteiger charge is 2.27. The summed E-state index contributed by atoms with van der Waals surface area (Å²) in [5.41, 5.74) is -0.546. The zero-order valence-electron chi connectivity index (χ0n) is 17.1. The molecule has 160 valence electrons. The van der Waals surface area contributed by atoms with Gasteiger partial charge in [0.25, 0.3) is 5.91 Å². The molecule has 4 N–H and O–H groups in total. The van der Waals surface area contributed by atoms with Crippen LogP contribution in [0, 0.1) is 11.3 Å². The highest BCUT2D eigenvalue weighted by atomic mass is 35.5. The van der Waals surface area contributed by atoms with Crippen molar-refractivity contribution in [1.82, 2.24) is 15.3 Å². The van der Waals surface area contributed by atoms with E-state index in [1.165, 1.54) is 32.3 Å². The number of aliphatic hydroxyl groups is 1. The Morgan fingerprint density at radius 3 is 2.60 bits per heavy atom. The Balaban J connectivity index is 2.24. The number of hydrogen-bond donors (Lipinski definition) is 4. The first-order chi connectivity index (χ1) is 14.0. The molecule has 1 amide bonds. The van der Waals surface area contributed by atoms with Gasteiger partial charge in [0.15, 0.2) is 0 Å². The Morgan fingerprint density at radius 1 is 1.33 bits per heavy atom. The van der Waals surface area contributed by atoms with E-state index < -0.39 is 17.7 Å². The number of alkyl halides is 1. The number of nitriles is 1. The lowest BCUT2D eigenvalue weighted by Gasteiger charge is -2.23. The van der Waals surface area contributed by atoms with Gasteiger partial charge in [0, 0.05) is 24.5 Å². The van der Waals surface area contributed by atoms with Crippen LogP contribution < -0.4 is 16.0 Å². The number of nitrogens with one attached hydrogen (secondary N) is 3. The van der Waals surface area contributed by atoms with E-state index in [1.807, 2.05) is 19.9 Å². The van der Waals surface area contributed by atoms with Crippen molar-refractivity contribution in [2.24, 2.45) is 0 Å². The van der Waals surface area contributed by atoms with E-state index in [-0.39, 0.29) is 23.2 Å². The van der Waals surface area contributed by atoms with E-state index >= 15 is 0 Å². The van der Waals surface area contributed by atoms with Crippen LogP contribution in [0.1, 0.15) is 43.6 Å². The summed E-state index contributed by atoms with van der Waals surface area (Å²) in [5, 5.41) is 27.4. The summed E-state index contributed by atoms with van der Waals surface area (Å²) in [6.07, 6.45) is 1.10. The highest BCUT2D eigenvalue weighted by molar-refractivity contribution is 6.33. The average molecular weight is 435 g/mol. The number of carbonyl (C=O) groups is 1. The third kappa shape index (κ3) is 6.27. The molecule has 0 aliphatic rings. The number of halogens is 2. The van der Waals surface area contributed by atoms with Crippen LogP contribution in [0.4, 0.5) is 21.7 Å². The SMILES string of the molecule is CC(C)Nc1cc(Nc2ncc(C#N)cc2Cl)ncc1C(=O)NCC(F)C(C)(C)O. The number of hydrogen-bond acceptors (Lipinski definition) is 7. The molecule has 2 heterocycles. The van der Waals surface area contributed by atoms with Crippen molar-refractivity contribution in [3.05, 3.63) is 40.7 Å². The van der Waals surface area contributed by atoms with Crippen LogP contribution in [-0.2, 0) is 0 Å². The quantitative estimate of drug-likeness (QED) is 0.502. The van der Waals surface area contributed by atoms with E-state index in [1.54, 1.807) is 6.07 Å². The highest BCUT2D eigenvalue weighted by Crippen LogP contribution is 2.26. The molecule has 10 heteroatoms. The molecule has 2 aromatic heterocycles. The number of carbonyl (C=O) groups excluding carboxylic acids is 1. The Labute approximate surface area is 179 Å². The smallest absolute Gasteiger partial charge is 0.255 e. The first kappa shape index (κ1) is 23.3. The molecule has 0 saturated carbocycles. The minimum atomic E-state index is -1.62. The maximum atomic E-state index is 13.9. The molecule has 2 rings (SSSR count). The fourth-order valence-corrected chi connectivity index (χ4v) is 2.59. The number of pyridine rings is 2. The van der Waals surface area contributed by atoms with Crippen molar-refractivity contribution in [3.63, 3.8) is 0 Å². The van der Waals surface area contributed by atoms with E-state index in [0.29, 0.717) is 22.9 Å². The van der Waals surface area contributed by atoms with Gasteiger partial charge in [0.2, 0.25) is 0 Å². The van der Waals surface area contributed by atoms with Crippen LogP contribution >= 0.6 is 11.6 Å². The Kier molecular flexibility index (Phi) is 7.54. The number of anilines is 3. The average Bonchev–Trinajstić information content (AvgIpc) is 2.66. The van der Waals surface area contributed by atoms with Crippen LogP contribution in [0.25, 0.3) is 0 Å². The zero-order valence-corrected chi connectivity index (χ0v) is 17.9. The standard InChI is InChI=1S/C20H24ClFN6O2/c1-11(2)27-15-6-17(28-18-14(21)5-12(7-23)8-25-18)24-9-13(15)19(29)26-10-16(22)20(3,4)30/h5-6,8-9,11,16,30H,10H2,1-4H3,(H,26,29)(H2,24,25,27,28). The predicted molar refractivity (Wildman–Crippen MR) is 114 cm³/mol. The van der Waals surface area contributed by atoms with Gasteiger partial charge in [0.05, 0.1) is 34.0 Å². The summed E-state index contributed by atoms with van der Waals surface area (Å²) in [6.45, 7) is 6.13. The number of nitrogens with zero attached hydrogens (tertiary/aromatic N) is 3. The lowest BCUT2D eigenvalue weighted by atomic mass is 10.0. The number of rotatable bonds is 8. The largest absolute Gasteiger partial charge is 0.387 e. The lowest BCUT2D eigenvalue weighted by molar-refractivity contribution is -0.00177. The zero-order chi connectivity index (χ0) is 22.5. The summed E-state index contributed by atoms with van der Waals surface area (Å²) in [5.74, 6) is 0.147. The molecule has 2 aromatic rings. The fourth-order valence-electron chi connectivity index (χ4n) is 2.37. The van der Waals surface area contributed by atoms with E-state index in [4.69, 9.17) is 16.9 Å². The Bertz CT molecular complexity index is 955. The summed E-state index contributed by atoms with van der Waals surface area (Å²) >= 11 is 6.13. The topological polar surface area (TPSA) is 123 Å². The second-order valence-electron chi connectivity index (χ2n) is 7.54. The minimum Gasteiger partial charge on any atom is -0.387 e. The predicted octanol–water partition coefficient (Wildman–Crippen LogP) is 3.40. The molecule has 0 aliphatic carbocycles. The second-order valence-corrected chi connectivity index (χ2v) is 7.94. The van der Waals surface area contributed by atoms with Crippen molar-refractivity contribution < 1.29 is 14.3 Å². The summed E-state index contributed by atoms with van der Waals surface area (Å²) in [6, 6.07) is 5.04. The molecule has 30 heavy (non-hydrogen) atoms. The van der Waals surface area contributed by atoms with Crippen molar-refractivity contribution in [1.29, 1.82) is 5.26 Å². The maximum absolute atomic E-state index is 13.9. The van der Waals surface area contributed by atoms with Gasteiger partial charge in [0.1, 0.15) is 23.9 Å². The molecule has 1 atom stereocenters. The first-order valence-electron chi connectivity index (χ1n) is 9.25. The van der Waals surface area contributed by atoms with Crippen molar-refractivity contribution in [3.8, 4) is 6.07 Å². The van der Waals surface area contributed by atoms with Crippen molar-refractivity contribution in [2.45, 2.75) is 45.5 Å². The monoisotopic (exact) mass is 434 g/mol. The normalized spacial score (nSPS) is 12.2. The second kappa shape index (κ2) is 9.69. The molecular weight excluding hydrogens is 411 g/mol. The third-order valence-electron chi connectivity index (χ3n) is 4.02. The van der Waals surface area contributed by atoms with Crippen molar-refractivity contribution >= 4 is 34.8 Å². The molecule has 0 fully saturated rings. The Hall–Kier alpha value is -2.96. The fraction of sp³-hybridized carbons (Fsp3) is 0.400. The van der Waals surface area contributed by atoms with Gasteiger partial charge in [-0.05, 0) is 33.8 Å². The van der Waals surface area contributed by atoms with E-state index in [9.17, 15) is 14.3 Å². The van der Waals surface area contributed by atoms with Crippen LogP contribution in [-0.4, -0.2) is 45.3 Å². The maximum Gasteiger partial charge on any atom is 0.255 e. The van der Waals surface area contributed by atoms with Gasteiger partial charge in [-0.15, -0.1) is 0 Å². The van der Waals surface area contributed by atoms with Crippen LogP contribution in [0.15, 0.2) is 24.5 Å². The molecule has 1 unspecified atom stereocenters. The van der Waals surface area contributed by atoms with E-state index in [0.717, 1.165) is 0 Å². The molecule has 0 aromatic carbocycles. The molecule has 0 saturated heterocycles. The van der Waals surface area contributed by atoms with Crippen molar-refractivity contribution in [2.75, 3.05) is 17.2 Å². The first-order valence-corrected chi connectivity index (χ1v) is 9.63. The van der Waals surface area contributed by atoms with Crippen LogP contribution in [0.3, 0.4) is 0 Å². The number of aromatic nitrogens is 2. The van der Waals surface area contributed by atoms with Gasteiger partial charge in [-0.2, -0.15) is 5.26 Å². The van der Waals surface area contributed by atoms with Gasteiger partial charge >= 0.3 is 0 Å². The molecule has 0 aliphatic heterocycles. The summed E-state index contributed by atoms with van der Waals surface area (Å²) < 4.78 is 13.9. The minimum absolute atomic E-state index is 0.00808. The molecule has 0 bridgehead atoms. The Morgan fingerprint density at radius 2 is 2.03 bits per heavy atom. The molecule has 8 nitrogen and oxygen atoms in total. The third-order valence-corrected chi connectivity index (χ3v) is 4.31. The van der Waals surface area contributed by atoms with Gasteiger partial charge in [-0.3, -0.25) is 4.79 Å². The lowest BCUT2D eigenvalue weighted by Crippen LogP contribution is -2.42.